The van der Waals surface area contributed by atoms with Crippen LogP contribution in [0.5, 0.6) is 0 Å². The van der Waals surface area contributed by atoms with Crippen molar-refractivity contribution in [3.63, 3.8) is 0 Å². The van der Waals surface area contributed by atoms with Crippen LogP contribution in [0, 0.1) is 17.5 Å². The lowest BCUT2D eigenvalue weighted by molar-refractivity contribution is -0.00000913. The first-order chi connectivity index (χ1) is 14.1. The van der Waals surface area contributed by atoms with E-state index in [1.807, 2.05) is 0 Å². The summed E-state index contributed by atoms with van der Waals surface area (Å²) in [7, 11) is -2.36. The molecule has 0 spiro atoms. The van der Waals surface area contributed by atoms with Gasteiger partial charge in [0.05, 0.1) is 6.61 Å². The maximum Gasteiger partial charge on any atom is 0.123 e. The van der Waals surface area contributed by atoms with Crippen LogP contribution in [0.3, 0.4) is 0 Å². The highest BCUT2D eigenvalue weighted by Crippen LogP contribution is 2.56. The fraction of sp³-hybridized carbons (Fsp3) is 0.167. The standard InChI is InChI=1S/C24H21F3OP.ClH/c25-18-4-10-22(11-5-18)29(17-21-3-1-2-16-28-21,23-12-6-19(26)7-13-23)24-14-8-20(27)9-15-24;/h1,3-15,21H,2,16-17H2;1H/q+1;/p-1. The Morgan fingerprint density at radius 2 is 1.10 bits per heavy atom. The summed E-state index contributed by atoms with van der Waals surface area (Å²) in [5, 5.41) is 2.83. The molecule has 0 fully saturated rings. The van der Waals surface area contributed by atoms with E-state index in [1.165, 1.54) is 36.4 Å². The molecular weight excluding hydrogens is 428 g/mol. The van der Waals surface area contributed by atoms with Crippen LogP contribution >= 0.6 is 7.26 Å². The molecule has 30 heavy (non-hydrogen) atoms. The average molecular weight is 449 g/mol. The van der Waals surface area contributed by atoms with Crippen molar-refractivity contribution >= 4 is 23.2 Å². The summed E-state index contributed by atoms with van der Waals surface area (Å²) in [6.45, 7) is 0.636. The number of rotatable bonds is 5. The second-order valence-electron chi connectivity index (χ2n) is 7.05. The van der Waals surface area contributed by atoms with Crippen molar-refractivity contribution in [2.24, 2.45) is 0 Å². The van der Waals surface area contributed by atoms with Crippen LogP contribution in [0.4, 0.5) is 13.2 Å². The van der Waals surface area contributed by atoms with Gasteiger partial charge in [-0.05, 0) is 79.2 Å². The van der Waals surface area contributed by atoms with Gasteiger partial charge in [0.2, 0.25) is 0 Å². The summed E-state index contributed by atoms with van der Waals surface area (Å²) in [6, 6.07) is 19.3. The summed E-state index contributed by atoms with van der Waals surface area (Å²) in [6.07, 6.45) is 5.52. The molecule has 156 valence electrons. The molecule has 0 radical (unpaired) electrons. The van der Waals surface area contributed by atoms with Crippen LogP contribution in [-0.2, 0) is 4.74 Å². The number of ether oxygens (including phenoxy) is 1. The minimum Gasteiger partial charge on any atom is -1.00 e. The molecular formula is C24H21ClF3OP. The Labute approximate surface area is 181 Å². The van der Waals surface area contributed by atoms with Gasteiger partial charge in [-0.1, -0.05) is 12.2 Å². The number of hydrogen-bond acceptors (Lipinski definition) is 1. The van der Waals surface area contributed by atoms with Crippen molar-refractivity contribution in [2.45, 2.75) is 12.5 Å². The van der Waals surface area contributed by atoms with Gasteiger partial charge in [-0.3, -0.25) is 0 Å². The molecule has 0 bridgehead atoms. The van der Waals surface area contributed by atoms with Crippen molar-refractivity contribution < 1.29 is 30.3 Å². The minimum atomic E-state index is -2.36. The second kappa shape index (κ2) is 9.78. The molecule has 1 heterocycles. The third-order valence-electron chi connectivity index (χ3n) is 5.22. The first kappa shape index (κ1) is 22.6. The fourth-order valence-electron chi connectivity index (χ4n) is 3.82. The first-order valence-corrected chi connectivity index (χ1v) is 11.5. The molecule has 0 aliphatic carbocycles. The van der Waals surface area contributed by atoms with Gasteiger partial charge in [0.25, 0.3) is 0 Å². The topological polar surface area (TPSA) is 9.23 Å². The lowest BCUT2D eigenvalue weighted by Crippen LogP contribution is -3.00. The van der Waals surface area contributed by atoms with E-state index in [4.69, 9.17) is 4.74 Å². The normalized spacial score (nSPS) is 16.2. The predicted molar refractivity (Wildman–Crippen MR) is 113 cm³/mol. The molecule has 0 aromatic heterocycles. The lowest BCUT2D eigenvalue weighted by atomic mass is 10.2. The zero-order chi connectivity index (χ0) is 20.3. The summed E-state index contributed by atoms with van der Waals surface area (Å²) in [5.74, 6) is -0.961. The zero-order valence-electron chi connectivity index (χ0n) is 16.1. The Kier molecular flexibility index (Phi) is 7.36. The number of hydrogen-bond donors (Lipinski definition) is 0. The SMILES string of the molecule is Fc1ccc([P+](CC2C=CCCO2)(c2ccc(F)cc2)c2ccc(F)cc2)cc1.[Cl-]. The zero-order valence-corrected chi connectivity index (χ0v) is 17.8. The third-order valence-corrected chi connectivity index (χ3v) is 9.67. The van der Waals surface area contributed by atoms with Gasteiger partial charge >= 0.3 is 0 Å². The van der Waals surface area contributed by atoms with Crippen LogP contribution in [0.15, 0.2) is 84.9 Å². The van der Waals surface area contributed by atoms with Crippen molar-refractivity contribution in [1.82, 2.24) is 0 Å². The summed E-state index contributed by atoms with van der Waals surface area (Å²) < 4.78 is 47.2. The molecule has 3 aromatic rings. The van der Waals surface area contributed by atoms with Gasteiger partial charge in [0, 0.05) is 0 Å². The van der Waals surface area contributed by atoms with Crippen molar-refractivity contribution in [1.29, 1.82) is 0 Å². The smallest absolute Gasteiger partial charge is 0.123 e. The van der Waals surface area contributed by atoms with Gasteiger partial charge in [-0.15, -0.1) is 0 Å². The van der Waals surface area contributed by atoms with E-state index < -0.39 is 7.26 Å². The summed E-state index contributed by atoms with van der Waals surface area (Å²) >= 11 is 0. The predicted octanol–water partition coefficient (Wildman–Crippen LogP) is 1.75. The molecule has 1 unspecified atom stereocenters. The van der Waals surface area contributed by atoms with Gasteiger partial charge in [0.1, 0.15) is 52.9 Å². The molecule has 3 aromatic carbocycles. The second-order valence-corrected chi connectivity index (χ2v) is 10.6. The highest BCUT2D eigenvalue weighted by molar-refractivity contribution is 7.95. The minimum absolute atomic E-state index is 0. The first-order valence-electron chi connectivity index (χ1n) is 9.53. The van der Waals surface area contributed by atoms with Gasteiger partial charge < -0.3 is 17.1 Å². The van der Waals surface area contributed by atoms with E-state index in [9.17, 15) is 13.2 Å². The Balaban J connectivity index is 0.00000256. The van der Waals surface area contributed by atoms with Crippen LogP contribution < -0.4 is 28.3 Å². The Bertz CT molecular complexity index is 878. The quantitative estimate of drug-likeness (QED) is 0.427. The van der Waals surface area contributed by atoms with Crippen LogP contribution in [0.25, 0.3) is 0 Å². The van der Waals surface area contributed by atoms with E-state index in [2.05, 4.69) is 12.2 Å². The van der Waals surface area contributed by atoms with Crippen molar-refractivity contribution in [2.75, 3.05) is 12.8 Å². The molecule has 4 rings (SSSR count). The molecule has 1 atom stereocenters. The van der Waals surface area contributed by atoms with Crippen molar-refractivity contribution in [3.8, 4) is 0 Å². The van der Waals surface area contributed by atoms with Gasteiger partial charge in [-0.25, -0.2) is 13.2 Å². The van der Waals surface area contributed by atoms with Gasteiger partial charge in [0.15, 0.2) is 0 Å². The molecule has 0 amide bonds. The Morgan fingerprint density at radius 1 is 0.700 bits per heavy atom. The maximum atomic E-state index is 13.7. The fourth-order valence-corrected chi connectivity index (χ4v) is 8.09. The molecule has 0 saturated carbocycles. The van der Waals surface area contributed by atoms with E-state index >= 15 is 0 Å². The highest BCUT2D eigenvalue weighted by Gasteiger charge is 2.47. The lowest BCUT2D eigenvalue weighted by Gasteiger charge is -2.31. The highest BCUT2D eigenvalue weighted by atomic mass is 35.5. The van der Waals surface area contributed by atoms with E-state index in [0.29, 0.717) is 12.8 Å². The molecule has 6 heteroatoms. The number of benzene rings is 3. The monoisotopic (exact) mass is 448 g/mol. The summed E-state index contributed by atoms with van der Waals surface area (Å²) in [5.41, 5.74) is 0. The molecule has 1 aliphatic heterocycles. The van der Waals surface area contributed by atoms with Gasteiger partial charge in [-0.2, -0.15) is 0 Å². The van der Waals surface area contributed by atoms with Crippen molar-refractivity contribution in [3.05, 3.63) is 102 Å². The van der Waals surface area contributed by atoms with E-state index in [-0.39, 0.29) is 36.0 Å². The Morgan fingerprint density at radius 3 is 1.43 bits per heavy atom. The largest absolute Gasteiger partial charge is 1.00 e. The molecule has 1 aliphatic rings. The van der Waals surface area contributed by atoms with Crippen LogP contribution in [0.2, 0.25) is 0 Å². The molecule has 0 saturated heterocycles. The maximum absolute atomic E-state index is 13.7. The Hall–Kier alpha value is -2.13. The molecule has 0 N–H and O–H groups in total. The third kappa shape index (κ3) is 4.62. The average Bonchev–Trinajstić information content (AvgIpc) is 2.75. The van der Waals surface area contributed by atoms with Crippen LogP contribution in [-0.4, -0.2) is 18.9 Å². The van der Waals surface area contributed by atoms with Crippen LogP contribution in [0.1, 0.15) is 6.42 Å². The molecule has 1 nitrogen and oxygen atoms in total. The number of halogens is 4. The van der Waals surface area contributed by atoms with E-state index in [1.54, 1.807) is 36.4 Å². The van der Waals surface area contributed by atoms with E-state index in [0.717, 1.165) is 22.3 Å². The summed E-state index contributed by atoms with van der Waals surface area (Å²) in [4.78, 5) is 0.